The smallest absolute Gasteiger partial charge is 0.231 e. The van der Waals surface area contributed by atoms with Crippen molar-refractivity contribution in [3.63, 3.8) is 0 Å². The van der Waals surface area contributed by atoms with E-state index in [2.05, 4.69) is 0 Å². The standard InChI is InChI=1S/C18H18O5/c1-21-13-6-4-12(5-7-13)10-17(23-3)18(20)15-9-8-14(22-2)11-16(15)19/h4-11,19H,1-3H3. The number of aromatic hydroxyl groups is 1. The van der Waals surface area contributed by atoms with Crippen LogP contribution in [0.1, 0.15) is 15.9 Å². The number of hydrogen-bond donors (Lipinski definition) is 1. The molecule has 5 nitrogen and oxygen atoms in total. The van der Waals surface area contributed by atoms with Gasteiger partial charge in [-0.3, -0.25) is 4.79 Å². The first-order chi connectivity index (χ1) is 11.1. The third-order valence-electron chi connectivity index (χ3n) is 3.31. The van der Waals surface area contributed by atoms with Crippen LogP contribution in [0, 0.1) is 0 Å². The molecule has 0 radical (unpaired) electrons. The molecule has 23 heavy (non-hydrogen) atoms. The summed E-state index contributed by atoms with van der Waals surface area (Å²) in [6.45, 7) is 0. The molecule has 0 atom stereocenters. The number of rotatable bonds is 6. The van der Waals surface area contributed by atoms with E-state index in [0.717, 1.165) is 11.3 Å². The molecule has 0 heterocycles. The number of benzene rings is 2. The summed E-state index contributed by atoms with van der Waals surface area (Å²) in [5.41, 5.74) is 0.927. The molecule has 2 aromatic carbocycles. The van der Waals surface area contributed by atoms with Crippen LogP contribution >= 0.6 is 0 Å². The van der Waals surface area contributed by atoms with E-state index in [-0.39, 0.29) is 17.1 Å². The lowest BCUT2D eigenvalue weighted by molar-refractivity contribution is 0.0954. The highest BCUT2D eigenvalue weighted by Gasteiger charge is 2.17. The van der Waals surface area contributed by atoms with Gasteiger partial charge in [0.15, 0.2) is 5.76 Å². The number of Topliss-reactive ketones (excluding diaryl/α,β-unsaturated/α-hetero) is 1. The van der Waals surface area contributed by atoms with Crippen LogP contribution < -0.4 is 9.47 Å². The van der Waals surface area contributed by atoms with Crippen molar-refractivity contribution < 1.29 is 24.1 Å². The molecule has 0 amide bonds. The van der Waals surface area contributed by atoms with Crippen LogP contribution in [0.4, 0.5) is 0 Å². The molecule has 2 rings (SSSR count). The fraction of sp³-hybridized carbons (Fsp3) is 0.167. The molecule has 0 aliphatic rings. The minimum atomic E-state index is -0.413. The van der Waals surface area contributed by atoms with Crippen molar-refractivity contribution in [3.8, 4) is 17.2 Å². The Morgan fingerprint density at radius 2 is 1.57 bits per heavy atom. The fourth-order valence-electron chi connectivity index (χ4n) is 2.03. The largest absolute Gasteiger partial charge is 0.507 e. The summed E-state index contributed by atoms with van der Waals surface area (Å²) in [6, 6.07) is 11.7. The minimum absolute atomic E-state index is 0.121. The van der Waals surface area contributed by atoms with Crippen molar-refractivity contribution in [1.82, 2.24) is 0 Å². The molecule has 0 aromatic heterocycles. The quantitative estimate of drug-likeness (QED) is 0.503. The second-order valence-corrected chi connectivity index (χ2v) is 4.70. The Morgan fingerprint density at radius 1 is 0.957 bits per heavy atom. The Kier molecular flexibility index (Phi) is 5.25. The van der Waals surface area contributed by atoms with Crippen LogP contribution in [0.2, 0.25) is 0 Å². The maximum absolute atomic E-state index is 12.5. The van der Waals surface area contributed by atoms with Gasteiger partial charge in [-0.2, -0.15) is 0 Å². The number of ether oxygens (including phenoxy) is 3. The van der Waals surface area contributed by atoms with Crippen LogP contribution in [0.3, 0.4) is 0 Å². The number of phenols is 1. The average Bonchev–Trinajstić information content (AvgIpc) is 2.59. The number of ketones is 1. The number of carbonyl (C=O) groups is 1. The van der Waals surface area contributed by atoms with E-state index in [1.54, 1.807) is 43.5 Å². The minimum Gasteiger partial charge on any atom is -0.507 e. The monoisotopic (exact) mass is 314 g/mol. The molecule has 0 spiro atoms. The second kappa shape index (κ2) is 7.35. The Balaban J connectivity index is 2.32. The van der Waals surface area contributed by atoms with Gasteiger partial charge in [0.2, 0.25) is 5.78 Å². The van der Waals surface area contributed by atoms with E-state index in [9.17, 15) is 9.90 Å². The zero-order chi connectivity index (χ0) is 16.8. The SMILES string of the molecule is COC(=Cc1ccc(OC)cc1)C(=O)c1ccc(OC)cc1O. The second-order valence-electron chi connectivity index (χ2n) is 4.70. The fourth-order valence-corrected chi connectivity index (χ4v) is 2.03. The first kappa shape index (κ1) is 16.4. The molecular weight excluding hydrogens is 296 g/mol. The third kappa shape index (κ3) is 3.83. The van der Waals surface area contributed by atoms with Crippen molar-refractivity contribution in [3.05, 3.63) is 59.4 Å². The topological polar surface area (TPSA) is 65.0 Å². The number of carbonyl (C=O) groups excluding carboxylic acids is 1. The third-order valence-corrected chi connectivity index (χ3v) is 3.31. The van der Waals surface area contributed by atoms with Gasteiger partial charge in [-0.25, -0.2) is 0 Å². The van der Waals surface area contributed by atoms with Crippen molar-refractivity contribution in [2.75, 3.05) is 21.3 Å². The van der Waals surface area contributed by atoms with Gasteiger partial charge in [0.25, 0.3) is 0 Å². The molecule has 0 aliphatic carbocycles. The maximum Gasteiger partial charge on any atom is 0.231 e. The van der Waals surface area contributed by atoms with E-state index < -0.39 is 5.78 Å². The zero-order valence-electron chi connectivity index (χ0n) is 13.2. The van der Waals surface area contributed by atoms with Crippen molar-refractivity contribution in [2.24, 2.45) is 0 Å². The van der Waals surface area contributed by atoms with Crippen molar-refractivity contribution in [2.45, 2.75) is 0 Å². The van der Waals surface area contributed by atoms with Gasteiger partial charge >= 0.3 is 0 Å². The summed E-state index contributed by atoms with van der Waals surface area (Å²) in [5.74, 6) is 0.739. The molecule has 5 heteroatoms. The molecule has 0 saturated carbocycles. The summed E-state index contributed by atoms with van der Waals surface area (Å²) < 4.78 is 15.3. The lowest BCUT2D eigenvalue weighted by Gasteiger charge is -2.09. The zero-order valence-corrected chi connectivity index (χ0v) is 13.2. The number of hydrogen-bond acceptors (Lipinski definition) is 5. The van der Waals surface area contributed by atoms with E-state index in [0.29, 0.717) is 5.75 Å². The first-order valence-electron chi connectivity index (χ1n) is 6.90. The van der Waals surface area contributed by atoms with Crippen LogP contribution in [-0.2, 0) is 4.74 Å². The van der Waals surface area contributed by atoms with Gasteiger partial charge in [-0.05, 0) is 35.9 Å². The lowest BCUT2D eigenvalue weighted by atomic mass is 10.1. The Hall–Kier alpha value is -2.95. The summed E-state index contributed by atoms with van der Waals surface area (Å²) in [7, 11) is 4.48. The van der Waals surface area contributed by atoms with E-state index in [1.165, 1.54) is 26.4 Å². The van der Waals surface area contributed by atoms with Crippen LogP contribution in [0.15, 0.2) is 48.2 Å². The number of methoxy groups -OCH3 is 3. The summed E-state index contributed by atoms with van der Waals surface area (Å²) >= 11 is 0. The predicted octanol–water partition coefficient (Wildman–Crippen LogP) is 3.28. The van der Waals surface area contributed by atoms with Gasteiger partial charge in [0, 0.05) is 6.07 Å². The van der Waals surface area contributed by atoms with E-state index in [4.69, 9.17) is 14.2 Å². The summed E-state index contributed by atoms with van der Waals surface area (Å²) in [4.78, 5) is 12.5. The molecule has 0 bridgehead atoms. The van der Waals surface area contributed by atoms with Crippen LogP contribution in [0.25, 0.3) is 6.08 Å². The number of phenolic OH excluding ortho intramolecular Hbond substituents is 1. The molecular formula is C18H18O5. The predicted molar refractivity (Wildman–Crippen MR) is 87.0 cm³/mol. The Labute approximate surface area is 134 Å². The highest BCUT2D eigenvalue weighted by Crippen LogP contribution is 2.26. The Morgan fingerprint density at radius 3 is 2.09 bits per heavy atom. The molecule has 1 N–H and O–H groups in total. The molecule has 0 aliphatic heterocycles. The first-order valence-corrected chi connectivity index (χ1v) is 6.90. The normalized spacial score (nSPS) is 11.0. The highest BCUT2D eigenvalue weighted by atomic mass is 16.5. The number of allylic oxidation sites excluding steroid dienone is 1. The van der Waals surface area contributed by atoms with Crippen molar-refractivity contribution in [1.29, 1.82) is 0 Å². The van der Waals surface area contributed by atoms with Crippen LogP contribution in [0.5, 0.6) is 17.2 Å². The van der Waals surface area contributed by atoms with Gasteiger partial charge in [0.05, 0.1) is 26.9 Å². The molecule has 120 valence electrons. The molecule has 0 saturated heterocycles. The average molecular weight is 314 g/mol. The molecule has 0 fully saturated rings. The lowest BCUT2D eigenvalue weighted by Crippen LogP contribution is -2.05. The maximum atomic E-state index is 12.5. The summed E-state index contributed by atoms with van der Waals surface area (Å²) in [6.07, 6.45) is 1.60. The highest BCUT2D eigenvalue weighted by molar-refractivity contribution is 6.11. The van der Waals surface area contributed by atoms with Gasteiger partial charge in [-0.15, -0.1) is 0 Å². The summed E-state index contributed by atoms with van der Waals surface area (Å²) in [5, 5.41) is 9.97. The van der Waals surface area contributed by atoms with Gasteiger partial charge in [-0.1, -0.05) is 12.1 Å². The molecule has 0 unspecified atom stereocenters. The molecule has 2 aromatic rings. The van der Waals surface area contributed by atoms with Crippen molar-refractivity contribution >= 4 is 11.9 Å². The Bertz CT molecular complexity index is 717. The van der Waals surface area contributed by atoms with Gasteiger partial charge < -0.3 is 19.3 Å². The van der Waals surface area contributed by atoms with Crippen LogP contribution in [-0.4, -0.2) is 32.2 Å². The van der Waals surface area contributed by atoms with Gasteiger partial charge in [0.1, 0.15) is 17.2 Å². The van der Waals surface area contributed by atoms with E-state index in [1.807, 2.05) is 0 Å². The van der Waals surface area contributed by atoms with E-state index >= 15 is 0 Å².